The Kier molecular flexibility index (Phi) is 6.18. The largest absolute Gasteiger partial charge is 0.341 e. The van der Waals surface area contributed by atoms with Gasteiger partial charge in [0, 0.05) is 26.8 Å². The van der Waals surface area contributed by atoms with Gasteiger partial charge in [-0.1, -0.05) is 13.8 Å². The van der Waals surface area contributed by atoms with Gasteiger partial charge >= 0.3 is 5.69 Å². The van der Waals surface area contributed by atoms with Crippen molar-refractivity contribution in [1.82, 2.24) is 14.5 Å². The second-order valence-electron chi connectivity index (χ2n) is 5.40. The number of carbonyl (C=O) groups excluding carboxylic acids is 1. The SMILES string of the molecule is CN(CC(C)(C)CN)C(=O)c1c[nH]c(=O)n(C)c1=O.Cl. The normalized spacial score (nSPS) is 10.8. The smallest absolute Gasteiger partial charge is 0.328 e. The van der Waals surface area contributed by atoms with Gasteiger partial charge in [-0.2, -0.15) is 0 Å². The molecule has 1 aromatic rings. The van der Waals surface area contributed by atoms with Crippen molar-refractivity contribution in [2.45, 2.75) is 13.8 Å². The molecule has 1 heterocycles. The number of hydrogen-bond acceptors (Lipinski definition) is 4. The molecule has 0 fully saturated rings. The molecule has 0 saturated carbocycles. The van der Waals surface area contributed by atoms with E-state index in [1.54, 1.807) is 7.05 Å². The minimum Gasteiger partial charge on any atom is -0.341 e. The van der Waals surface area contributed by atoms with Crippen molar-refractivity contribution in [3.05, 3.63) is 32.6 Å². The van der Waals surface area contributed by atoms with Gasteiger partial charge in [-0.15, -0.1) is 12.4 Å². The van der Waals surface area contributed by atoms with Crippen LogP contribution in [0.1, 0.15) is 24.2 Å². The van der Waals surface area contributed by atoms with E-state index >= 15 is 0 Å². The average molecular weight is 305 g/mol. The van der Waals surface area contributed by atoms with Crippen LogP contribution in [-0.2, 0) is 7.05 Å². The molecule has 1 amide bonds. The molecule has 7 nitrogen and oxygen atoms in total. The molecule has 20 heavy (non-hydrogen) atoms. The van der Waals surface area contributed by atoms with Crippen LogP contribution in [0.2, 0.25) is 0 Å². The quantitative estimate of drug-likeness (QED) is 0.787. The van der Waals surface area contributed by atoms with Crippen molar-refractivity contribution >= 4 is 18.3 Å². The van der Waals surface area contributed by atoms with Gasteiger partial charge in [0.05, 0.1) is 0 Å². The number of amides is 1. The second kappa shape index (κ2) is 6.71. The lowest BCUT2D eigenvalue weighted by molar-refractivity contribution is 0.0737. The van der Waals surface area contributed by atoms with Crippen molar-refractivity contribution in [2.24, 2.45) is 18.2 Å². The first-order valence-electron chi connectivity index (χ1n) is 5.94. The molecule has 0 unspecified atom stereocenters. The maximum Gasteiger partial charge on any atom is 0.328 e. The van der Waals surface area contributed by atoms with Crippen LogP contribution in [0.25, 0.3) is 0 Å². The summed E-state index contributed by atoms with van der Waals surface area (Å²) >= 11 is 0. The highest BCUT2D eigenvalue weighted by molar-refractivity contribution is 5.93. The van der Waals surface area contributed by atoms with E-state index in [0.717, 1.165) is 10.8 Å². The number of halogens is 1. The summed E-state index contributed by atoms with van der Waals surface area (Å²) in [5.74, 6) is -0.432. The van der Waals surface area contributed by atoms with Gasteiger partial charge in [0.2, 0.25) is 0 Å². The van der Waals surface area contributed by atoms with Crippen molar-refractivity contribution in [2.75, 3.05) is 20.1 Å². The Morgan fingerprint density at radius 2 is 2.00 bits per heavy atom. The minimum absolute atomic E-state index is 0. The summed E-state index contributed by atoms with van der Waals surface area (Å²) in [5.41, 5.74) is 4.16. The molecule has 0 atom stereocenters. The summed E-state index contributed by atoms with van der Waals surface area (Å²) in [6.45, 7) is 4.71. The summed E-state index contributed by atoms with van der Waals surface area (Å²) in [7, 11) is 2.92. The number of H-pyrrole nitrogens is 1. The standard InChI is InChI=1S/C12H20N4O3.ClH/c1-12(2,6-13)7-15(3)9(17)8-5-14-11(19)16(4)10(8)18;/h5H,6-7,13H2,1-4H3,(H,14,19);1H. The number of rotatable bonds is 4. The van der Waals surface area contributed by atoms with Crippen LogP contribution in [0.15, 0.2) is 15.8 Å². The molecule has 0 radical (unpaired) electrons. The molecule has 0 aliphatic carbocycles. The Bertz CT molecular complexity index is 591. The highest BCUT2D eigenvalue weighted by atomic mass is 35.5. The number of aromatic amines is 1. The lowest BCUT2D eigenvalue weighted by Gasteiger charge is -2.28. The summed E-state index contributed by atoms with van der Waals surface area (Å²) in [5, 5.41) is 0. The van der Waals surface area contributed by atoms with Crippen LogP contribution in [-0.4, -0.2) is 40.5 Å². The van der Waals surface area contributed by atoms with Gasteiger partial charge in [-0.25, -0.2) is 4.79 Å². The van der Waals surface area contributed by atoms with E-state index in [2.05, 4.69) is 4.98 Å². The van der Waals surface area contributed by atoms with Crippen LogP contribution >= 0.6 is 12.4 Å². The van der Waals surface area contributed by atoms with Crippen LogP contribution < -0.4 is 17.0 Å². The Balaban J connectivity index is 0.00000361. The van der Waals surface area contributed by atoms with Crippen LogP contribution in [0, 0.1) is 5.41 Å². The molecule has 1 aromatic heterocycles. The maximum absolute atomic E-state index is 12.2. The van der Waals surface area contributed by atoms with Gasteiger partial charge < -0.3 is 15.6 Å². The Morgan fingerprint density at radius 3 is 2.50 bits per heavy atom. The van der Waals surface area contributed by atoms with Gasteiger partial charge in [0.15, 0.2) is 0 Å². The number of hydrogen-bond donors (Lipinski definition) is 2. The van der Waals surface area contributed by atoms with E-state index in [1.807, 2.05) is 13.8 Å². The maximum atomic E-state index is 12.2. The molecule has 0 aliphatic heterocycles. The average Bonchev–Trinajstić information content (AvgIpc) is 2.35. The first-order chi connectivity index (χ1) is 8.69. The lowest BCUT2D eigenvalue weighted by atomic mass is 9.93. The molecule has 0 bridgehead atoms. The first-order valence-corrected chi connectivity index (χ1v) is 5.94. The van der Waals surface area contributed by atoms with Crippen LogP contribution in [0.5, 0.6) is 0 Å². The number of nitrogens with one attached hydrogen (secondary N) is 1. The summed E-state index contributed by atoms with van der Waals surface area (Å²) in [6.07, 6.45) is 1.15. The van der Waals surface area contributed by atoms with Gasteiger partial charge in [-0.3, -0.25) is 14.2 Å². The summed E-state index contributed by atoms with van der Waals surface area (Å²) in [6, 6.07) is 0. The van der Waals surface area contributed by atoms with Gasteiger partial charge in [-0.05, 0) is 12.0 Å². The van der Waals surface area contributed by atoms with Crippen molar-refractivity contribution < 1.29 is 4.79 Å². The van der Waals surface area contributed by atoms with Crippen molar-refractivity contribution in [3.8, 4) is 0 Å². The highest BCUT2D eigenvalue weighted by Crippen LogP contribution is 2.14. The molecular weight excluding hydrogens is 284 g/mol. The number of nitrogens with two attached hydrogens (primary N) is 1. The van der Waals surface area contributed by atoms with E-state index < -0.39 is 17.2 Å². The molecule has 0 spiro atoms. The summed E-state index contributed by atoms with van der Waals surface area (Å²) in [4.78, 5) is 39.0. The summed E-state index contributed by atoms with van der Waals surface area (Å²) < 4.78 is 0.870. The predicted molar refractivity (Wildman–Crippen MR) is 79.3 cm³/mol. The number of nitrogens with zero attached hydrogens (tertiary/aromatic N) is 2. The fraction of sp³-hybridized carbons (Fsp3) is 0.583. The molecular formula is C12H21ClN4O3. The van der Waals surface area contributed by atoms with E-state index in [4.69, 9.17) is 5.73 Å². The Labute approximate surface area is 123 Å². The second-order valence-corrected chi connectivity index (χ2v) is 5.40. The molecule has 0 aromatic carbocycles. The zero-order chi connectivity index (χ0) is 14.8. The lowest BCUT2D eigenvalue weighted by Crippen LogP contribution is -2.43. The Hall–Kier alpha value is -1.60. The zero-order valence-corrected chi connectivity index (χ0v) is 12.9. The molecule has 8 heteroatoms. The third-order valence-electron chi connectivity index (χ3n) is 2.97. The predicted octanol–water partition coefficient (Wildman–Crippen LogP) is -0.448. The highest BCUT2D eigenvalue weighted by Gasteiger charge is 2.23. The van der Waals surface area contributed by atoms with E-state index in [-0.39, 0.29) is 23.4 Å². The van der Waals surface area contributed by atoms with E-state index in [0.29, 0.717) is 13.1 Å². The zero-order valence-electron chi connectivity index (χ0n) is 12.1. The number of aromatic nitrogens is 2. The van der Waals surface area contributed by atoms with E-state index in [1.165, 1.54) is 11.9 Å². The van der Waals surface area contributed by atoms with Crippen LogP contribution in [0.3, 0.4) is 0 Å². The molecule has 1 rings (SSSR count). The first kappa shape index (κ1) is 18.4. The van der Waals surface area contributed by atoms with Gasteiger partial charge in [0.25, 0.3) is 11.5 Å². The van der Waals surface area contributed by atoms with Crippen molar-refractivity contribution in [3.63, 3.8) is 0 Å². The molecule has 0 aliphatic rings. The van der Waals surface area contributed by atoms with Crippen molar-refractivity contribution in [1.29, 1.82) is 0 Å². The minimum atomic E-state index is -0.605. The van der Waals surface area contributed by atoms with Gasteiger partial charge in [0.1, 0.15) is 5.56 Å². The monoisotopic (exact) mass is 304 g/mol. The Morgan fingerprint density at radius 1 is 1.45 bits per heavy atom. The topological polar surface area (TPSA) is 101 Å². The molecule has 3 N–H and O–H groups in total. The van der Waals surface area contributed by atoms with Crippen LogP contribution in [0.4, 0.5) is 0 Å². The molecule has 0 saturated heterocycles. The van der Waals surface area contributed by atoms with E-state index in [9.17, 15) is 14.4 Å². The third kappa shape index (κ3) is 3.94. The number of carbonyl (C=O) groups is 1. The fourth-order valence-corrected chi connectivity index (χ4v) is 1.70. The third-order valence-corrected chi connectivity index (χ3v) is 2.97. The molecule has 114 valence electrons. The fourth-order valence-electron chi connectivity index (χ4n) is 1.70.